The fraction of sp³-hybridized carbons (Fsp3) is 0.250. The molecular weight excluding hydrogens is 444 g/mol. The number of benzene rings is 2. The van der Waals surface area contributed by atoms with E-state index >= 15 is 0 Å². The summed E-state index contributed by atoms with van der Waals surface area (Å²) in [6.07, 6.45) is 1.46. The van der Waals surface area contributed by atoms with Gasteiger partial charge in [0.2, 0.25) is 0 Å². The number of carbonyl (C=O) groups excluding carboxylic acids is 1. The van der Waals surface area contributed by atoms with Crippen LogP contribution in [-0.4, -0.2) is 10.5 Å². The van der Waals surface area contributed by atoms with Crippen molar-refractivity contribution in [2.75, 3.05) is 0 Å². The quantitative estimate of drug-likeness (QED) is 0.555. The summed E-state index contributed by atoms with van der Waals surface area (Å²) < 4.78 is 16.8. The van der Waals surface area contributed by atoms with E-state index in [1.54, 1.807) is 6.07 Å². The topological polar surface area (TPSA) is 45.1 Å². The monoisotopic (exact) mass is 457 g/mol. The Morgan fingerprint density at radius 2 is 2.00 bits per heavy atom. The summed E-state index contributed by atoms with van der Waals surface area (Å²) in [4.78, 5) is 11.2. The van der Waals surface area contributed by atoms with Crippen LogP contribution in [0.2, 0.25) is 5.02 Å². The number of aliphatic carboxylic acids is 1. The van der Waals surface area contributed by atoms with Gasteiger partial charge in [-0.15, -0.1) is 0 Å². The number of carbonyl (C=O) groups is 1. The summed E-state index contributed by atoms with van der Waals surface area (Å²) in [5, 5.41) is 12.7. The average Bonchev–Trinajstić information content (AvgIpc) is 3.09. The van der Waals surface area contributed by atoms with Crippen LogP contribution >= 0.6 is 27.5 Å². The van der Waals surface area contributed by atoms with Gasteiger partial charge in [-0.1, -0.05) is 23.7 Å². The van der Waals surface area contributed by atoms with Crippen molar-refractivity contribution >= 4 is 44.4 Å². The van der Waals surface area contributed by atoms with Crippen LogP contribution < -0.4 is 34.7 Å². The molecule has 1 aliphatic carbocycles. The van der Waals surface area contributed by atoms with Gasteiger partial charge in [0.1, 0.15) is 5.82 Å². The minimum absolute atomic E-state index is 0. The van der Waals surface area contributed by atoms with Crippen LogP contribution in [-0.2, 0) is 17.8 Å². The molecule has 0 saturated heterocycles. The number of fused-ring (bicyclic) bond motifs is 3. The second kappa shape index (κ2) is 8.26. The van der Waals surface area contributed by atoms with Crippen LogP contribution in [0.3, 0.4) is 0 Å². The van der Waals surface area contributed by atoms with Crippen molar-refractivity contribution in [1.82, 2.24) is 4.57 Å². The summed E-state index contributed by atoms with van der Waals surface area (Å²) >= 11 is 9.46. The van der Waals surface area contributed by atoms with Crippen molar-refractivity contribution in [2.45, 2.75) is 31.7 Å². The van der Waals surface area contributed by atoms with Gasteiger partial charge < -0.3 is 14.5 Å². The first-order valence-corrected chi connectivity index (χ1v) is 9.55. The van der Waals surface area contributed by atoms with Gasteiger partial charge >= 0.3 is 29.6 Å². The second-order valence-electron chi connectivity index (χ2n) is 6.67. The summed E-state index contributed by atoms with van der Waals surface area (Å²) in [5.74, 6) is -1.49. The molecule has 0 radical (unpaired) electrons. The Morgan fingerprint density at radius 3 is 2.67 bits per heavy atom. The Balaban J connectivity index is 0.00000210. The zero-order valence-electron chi connectivity index (χ0n) is 14.8. The zero-order valence-corrected chi connectivity index (χ0v) is 19.1. The first-order chi connectivity index (χ1) is 12.4. The molecule has 0 unspecified atom stereocenters. The Kier molecular flexibility index (Phi) is 6.38. The van der Waals surface area contributed by atoms with E-state index in [0.717, 1.165) is 40.6 Å². The fourth-order valence-corrected chi connectivity index (χ4v) is 4.79. The van der Waals surface area contributed by atoms with Crippen molar-refractivity contribution in [1.29, 1.82) is 0 Å². The van der Waals surface area contributed by atoms with Crippen LogP contribution in [0.15, 0.2) is 40.9 Å². The molecule has 4 rings (SSSR count). The largest absolute Gasteiger partial charge is 1.00 e. The van der Waals surface area contributed by atoms with Gasteiger partial charge in [0.25, 0.3) is 0 Å². The van der Waals surface area contributed by atoms with Gasteiger partial charge in [-0.05, 0) is 70.6 Å². The fourth-order valence-electron chi connectivity index (χ4n) is 4.01. The first kappa shape index (κ1) is 20.9. The molecular formula is C20H15BrClFNNaO2. The van der Waals surface area contributed by atoms with Gasteiger partial charge in [0.05, 0.1) is 5.52 Å². The van der Waals surface area contributed by atoms with Crippen LogP contribution in [0.1, 0.15) is 35.6 Å². The Labute approximate surface area is 191 Å². The number of carboxylic acids is 1. The molecule has 7 heteroatoms. The van der Waals surface area contributed by atoms with Gasteiger partial charge in [-0.2, -0.15) is 0 Å². The molecule has 2 aromatic carbocycles. The van der Waals surface area contributed by atoms with Crippen molar-refractivity contribution in [3.05, 3.63) is 68.5 Å². The molecule has 1 aliphatic rings. The van der Waals surface area contributed by atoms with Crippen LogP contribution in [0, 0.1) is 5.82 Å². The van der Waals surface area contributed by atoms with Crippen LogP contribution in [0.4, 0.5) is 4.39 Å². The molecule has 0 saturated carbocycles. The number of nitrogens with zero attached hydrogens (tertiary/aromatic N) is 1. The smallest absolute Gasteiger partial charge is 0.550 e. The van der Waals surface area contributed by atoms with E-state index in [2.05, 4.69) is 20.5 Å². The molecule has 1 heterocycles. The molecule has 3 aromatic rings. The van der Waals surface area contributed by atoms with Gasteiger partial charge in [0.15, 0.2) is 0 Å². The second-order valence-corrected chi connectivity index (χ2v) is 7.96. The first-order valence-electron chi connectivity index (χ1n) is 8.38. The molecule has 0 aliphatic heterocycles. The molecule has 1 atom stereocenters. The van der Waals surface area contributed by atoms with E-state index in [1.165, 1.54) is 6.07 Å². The molecule has 3 nitrogen and oxygen atoms in total. The average molecular weight is 459 g/mol. The minimum atomic E-state index is -1.06. The third-order valence-corrected chi connectivity index (χ3v) is 5.88. The number of rotatable bonds is 4. The molecule has 0 amide bonds. The standard InChI is InChI=1S/C20H16BrClFNO2.Na/c21-17-9-14(23)8-16-15-6-3-12(7-18(25)26)19(15)24(20(16)17)10-11-1-4-13(22)5-2-11;/h1-2,4-5,8-9,12H,3,6-7,10H2,(H,25,26);/q;+1/p-1/t12-;/m1./s1. The van der Waals surface area contributed by atoms with E-state index < -0.39 is 5.97 Å². The predicted molar refractivity (Wildman–Crippen MR) is 101 cm³/mol. The number of halogens is 3. The maximum absolute atomic E-state index is 14.0. The third kappa shape index (κ3) is 3.99. The maximum atomic E-state index is 14.0. The van der Waals surface area contributed by atoms with E-state index in [-0.39, 0.29) is 47.7 Å². The van der Waals surface area contributed by atoms with E-state index in [1.807, 2.05) is 24.3 Å². The van der Waals surface area contributed by atoms with Crippen molar-refractivity contribution in [2.24, 2.45) is 0 Å². The number of hydrogen-bond acceptors (Lipinski definition) is 2. The number of carboxylic acid groups (broad SMARTS) is 1. The maximum Gasteiger partial charge on any atom is 1.00 e. The Hall–Kier alpha value is -0.850. The molecule has 0 fully saturated rings. The predicted octanol–water partition coefficient (Wildman–Crippen LogP) is 1.42. The number of hydrogen-bond donors (Lipinski definition) is 0. The van der Waals surface area contributed by atoms with Crippen molar-refractivity contribution < 1.29 is 43.8 Å². The normalized spacial score (nSPS) is 15.6. The molecule has 0 spiro atoms. The van der Waals surface area contributed by atoms with Crippen LogP contribution in [0.5, 0.6) is 0 Å². The molecule has 0 bridgehead atoms. The molecule has 1 aromatic heterocycles. The molecule has 27 heavy (non-hydrogen) atoms. The van der Waals surface area contributed by atoms with Crippen molar-refractivity contribution in [3.8, 4) is 0 Å². The van der Waals surface area contributed by atoms with Gasteiger partial charge in [-0.25, -0.2) is 4.39 Å². The zero-order chi connectivity index (χ0) is 18.4. The summed E-state index contributed by atoms with van der Waals surface area (Å²) in [5.41, 5.74) is 3.96. The Morgan fingerprint density at radius 1 is 1.30 bits per heavy atom. The van der Waals surface area contributed by atoms with E-state index in [4.69, 9.17) is 11.6 Å². The summed E-state index contributed by atoms with van der Waals surface area (Å²) in [7, 11) is 0. The van der Waals surface area contributed by atoms with Gasteiger partial charge in [-0.3, -0.25) is 0 Å². The van der Waals surface area contributed by atoms with Gasteiger partial charge in [0, 0.05) is 39.0 Å². The number of aryl methyl sites for hydroxylation is 1. The number of aromatic nitrogens is 1. The summed E-state index contributed by atoms with van der Waals surface area (Å²) in [6, 6.07) is 10.5. The summed E-state index contributed by atoms with van der Waals surface area (Å²) in [6.45, 7) is 0.566. The van der Waals surface area contributed by atoms with Crippen molar-refractivity contribution in [3.63, 3.8) is 0 Å². The van der Waals surface area contributed by atoms with E-state index in [9.17, 15) is 14.3 Å². The minimum Gasteiger partial charge on any atom is -0.550 e. The van der Waals surface area contributed by atoms with Crippen LogP contribution in [0.25, 0.3) is 10.9 Å². The Bertz CT molecular complexity index is 1020. The SMILES string of the molecule is O=C([O-])C[C@H]1CCc2c1n(Cc1ccc(Cl)cc1)c1c(Br)cc(F)cc21.[Na+]. The van der Waals surface area contributed by atoms with E-state index in [0.29, 0.717) is 16.0 Å². The third-order valence-electron chi connectivity index (χ3n) is 5.02. The molecule has 134 valence electrons. The molecule has 0 N–H and O–H groups in total.